The molecule has 1 unspecified atom stereocenters. The number of rotatable bonds is 4. The Morgan fingerprint density at radius 1 is 1.14 bits per heavy atom. The van der Waals surface area contributed by atoms with E-state index >= 15 is 0 Å². The molecule has 190 valence electrons. The molecule has 0 radical (unpaired) electrons. The number of carbonyl (C=O) groups is 2. The first kappa shape index (κ1) is 25.5. The summed E-state index contributed by atoms with van der Waals surface area (Å²) in [6.07, 6.45) is -1.16. The standard InChI is InChI=1S/C24H32ClN5O5/c1-24(2,3)30(23(32)33)19-11-16(12-26)10-18(21(19)25)28-4-5-29(17-14-35-15-17)20(13-28)22(31)27-6-8-34-9-7-27/h10-11,17,20H,4-9,13-15H2,1-3H3,(H,32,33). The number of halogens is 1. The molecule has 1 N–H and O–H groups in total. The number of piperazine rings is 1. The molecule has 0 aliphatic carbocycles. The topological polar surface area (TPSA) is 110 Å². The van der Waals surface area contributed by atoms with E-state index in [2.05, 4.69) is 11.0 Å². The fraction of sp³-hybridized carbons (Fsp3) is 0.625. The highest BCUT2D eigenvalue weighted by Gasteiger charge is 2.42. The van der Waals surface area contributed by atoms with Crippen LogP contribution in [0.25, 0.3) is 0 Å². The van der Waals surface area contributed by atoms with Crippen molar-refractivity contribution in [1.29, 1.82) is 5.26 Å². The third-order valence-electron chi connectivity index (χ3n) is 6.73. The average molecular weight is 506 g/mol. The van der Waals surface area contributed by atoms with E-state index in [1.54, 1.807) is 26.8 Å². The molecule has 1 atom stereocenters. The molecule has 2 amide bonds. The SMILES string of the molecule is CC(C)(C)N(C(=O)O)c1cc(C#N)cc(N2CCN(C3COC3)C(C(=O)N3CCOCC3)C2)c1Cl. The van der Waals surface area contributed by atoms with Crippen LogP contribution < -0.4 is 9.80 Å². The van der Waals surface area contributed by atoms with E-state index in [1.165, 1.54) is 11.0 Å². The smallest absolute Gasteiger partial charge is 0.412 e. The quantitative estimate of drug-likeness (QED) is 0.663. The maximum absolute atomic E-state index is 13.6. The van der Waals surface area contributed by atoms with E-state index in [0.717, 1.165) is 0 Å². The zero-order valence-corrected chi connectivity index (χ0v) is 21.1. The van der Waals surface area contributed by atoms with Crippen LogP contribution in [0.5, 0.6) is 0 Å². The average Bonchev–Trinajstić information content (AvgIpc) is 2.78. The van der Waals surface area contributed by atoms with E-state index in [1.807, 2.05) is 9.80 Å². The van der Waals surface area contributed by atoms with Gasteiger partial charge in [-0.2, -0.15) is 5.26 Å². The zero-order valence-electron chi connectivity index (χ0n) is 20.4. The summed E-state index contributed by atoms with van der Waals surface area (Å²) >= 11 is 6.83. The first-order valence-corrected chi connectivity index (χ1v) is 12.2. The number of anilines is 2. The van der Waals surface area contributed by atoms with Crippen LogP contribution in [0.3, 0.4) is 0 Å². The van der Waals surface area contributed by atoms with Crippen LogP contribution in [0.4, 0.5) is 16.2 Å². The summed E-state index contributed by atoms with van der Waals surface area (Å²) in [6.45, 7) is 10.2. The Morgan fingerprint density at radius 2 is 1.83 bits per heavy atom. The van der Waals surface area contributed by atoms with Crippen LogP contribution in [0.2, 0.25) is 5.02 Å². The number of carbonyl (C=O) groups excluding carboxylic acids is 1. The van der Waals surface area contributed by atoms with Gasteiger partial charge >= 0.3 is 6.09 Å². The maximum atomic E-state index is 13.6. The van der Waals surface area contributed by atoms with Gasteiger partial charge in [0.25, 0.3) is 0 Å². The number of nitriles is 1. The van der Waals surface area contributed by atoms with E-state index in [-0.39, 0.29) is 22.7 Å². The number of hydrogen-bond donors (Lipinski definition) is 1. The number of hydrogen-bond acceptors (Lipinski definition) is 7. The van der Waals surface area contributed by atoms with Gasteiger partial charge in [0.05, 0.1) is 60.5 Å². The highest BCUT2D eigenvalue weighted by molar-refractivity contribution is 6.36. The third-order valence-corrected chi connectivity index (χ3v) is 7.11. The van der Waals surface area contributed by atoms with Crippen molar-refractivity contribution < 1.29 is 24.2 Å². The lowest BCUT2D eigenvalue weighted by atomic mass is 10.0. The summed E-state index contributed by atoms with van der Waals surface area (Å²) in [7, 11) is 0. The third kappa shape index (κ3) is 5.19. The lowest BCUT2D eigenvalue weighted by Crippen LogP contribution is -2.66. The minimum Gasteiger partial charge on any atom is -0.465 e. The van der Waals surface area contributed by atoms with Crippen LogP contribution in [0.1, 0.15) is 26.3 Å². The van der Waals surface area contributed by atoms with Crippen molar-refractivity contribution in [2.45, 2.75) is 38.4 Å². The Hall–Kier alpha value is -2.58. The summed E-state index contributed by atoms with van der Waals surface area (Å²) < 4.78 is 10.8. The minimum atomic E-state index is -1.16. The van der Waals surface area contributed by atoms with Gasteiger partial charge in [-0.05, 0) is 32.9 Å². The van der Waals surface area contributed by atoms with Gasteiger partial charge in [0.15, 0.2) is 0 Å². The fourth-order valence-corrected chi connectivity index (χ4v) is 5.20. The highest BCUT2D eigenvalue weighted by atomic mass is 35.5. The molecule has 0 aromatic heterocycles. The van der Waals surface area contributed by atoms with Crippen molar-refractivity contribution in [2.75, 3.05) is 69.0 Å². The first-order valence-electron chi connectivity index (χ1n) is 11.8. The Balaban J connectivity index is 1.69. The van der Waals surface area contributed by atoms with E-state index < -0.39 is 17.7 Å². The van der Waals surface area contributed by atoms with Crippen LogP contribution in [0, 0.1) is 11.3 Å². The van der Waals surface area contributed by atoms with Gasteiger partial charge in [0.1, 0.15) is 6.04 Å². The Morgan fingerprint density at radius 3 is 2.37 bits per heavy atom. The predicted molar refractivity (Wildman–Crippen MR) is 131 cm³/mol. The van der Waals surface area contributed by atoms with Gasteiger partial charge in [-0.3, -0.25) is 14.6 Å². The summed E-state index contributed by atoms with van der Waals surface area (Å²) in [5.74, 6) is 0.0412. The number of amides is 2. The molecule has 0 spiro atoms. The van der Waals surface area contributed by atoms with Crippen molar-refractivity contribution in [3.05, 3.63) is 22.7 Å². The van der Waals surface area contributed by atoms with Crippen molar-refractivity contribution in [3.8, 4) is 6.07 Å². The minimum absolute atomic E-state index is 0.0412. The van der Waals surface area contributed by atoms with E-state index in [0.29, 0.717) is 70.4 Å². The number of carboxylic acid groups (broad SMARTS) is 1. The molecule has 35 heavy (non-hydrogen) atoms. The van der Waals surface area contributed by atoms with E-state index in [4.69, 9.17) is 21.1 Å². The number of morpholine rings is 1. The molecular weight excluding hydrogens is 474 g/mol. The monoisotopic (exact) mass is 505 g/mol. The zero-order chi connectivity index (χ0) is 25.3. The molecule has 1 aromatic rings. The Bertz CT molecular complexity index is 1010. The Kier molecular flexibility index (Phi) is 7.43. The molecular formula is C24H32ClN5O5. The number of benzene rings is 1. The van der Waals surface area contributed by atoms with E-state index in [9.17, 15) is 20.0 Å². The second-order valence-electron chi connectivity index (χ2n) is 10.1. The second-order valence-corrected chi connectivity index (χ2v) is 10.4. The molecule has 0 bridgehead atoms. The lowest BCUT2D eigenvalue weighted by molar-refractivity contribution is -0.148. The second kappa shape index (κ2) is 10.2. The van der Waals surface area contributed by atoms with Crippen LogP contribution in [-0.2, 0) is 14.3 Å². The first-order chi connectivity index (χ1) is 16.6. The summed E-state index contributed by atoms with van der Waals surface area (Å²) in [6, 6.07) is 5.09. The van der Waals surface area contributed by atoms with Crippen molar-refractivity contribution in [2.24, 2.45) is 0 Å². The van der Waals surface area contributed by atoms with Crippen molar-refractivity contribution in [3.63, 3.8) is 0 Å². The lowest BCUT2D eigenvalue weighted by Gasteiger charge is -2.49. The molecule has 3 aliphatic heterocycles. The number of ether oxygens (including phenoxy) is 2. The molecule has 11 heteroatoms. The molecule has 3 saturated heterocycles. The van der Waals surface area contributed by atoms with Gasteiger partial charge < -0.3 is 24.4 Å². The highest BCUT2D eigenvalue weighted by Crippen LogP contribution is 2.40. The van der Waals surface area contributed by atoms with Gasteiger partial charge in [-0.15, -0.1) is 0 Å². The van der Waals surface area contributed by atoms with Gasteiger partial charge in [0.2, 0.25) is 5.91 Å². The van der Waals surface area contributed by atoms with Crippen LogP contribution >= 0.6 is 11.6 Å². The molecule has 0 saturated carbocycles. The molecule has 4 rings (SSSR count). The molecule has 1 aromatic carbocycles. The van der Waals surface area contributed by atoms with Crippen LogP contribution in [-0.4, -0.2) is 104 Å². The largest absolute Gasteiger partial charge is 0.465 e. The van der Waals surface area contributed by atoms with Crippen molar-refractivity contribution in [1.82, 2.24) is 9.80 Å². The summed E-state index contributed by atoms with van der Waals surface area (Å²) in [4.78, 5) is 33.0. The summed E-state index contributed by atoms with van der Waals surface area (Å²) in [5, 5.41) is 19.9. The van der Waals surface area contributed by atoms with Gasteiger partial charge in [-0.25, -0.2) is 4.79 Å². The number of nitrogens with zero attached hydrogens (tertiary/aromatic N) is 5. The van der Waals surface area contributed by atoms with Gasteiger partial charge in [0, 0.05) is 38.3 Å². The van der Waals surface area contributed by atoms with Crippen LogP contribution in [0.15, 0.2) is 12.1 Å². The normalized spacial score (nSPS) is 21.9. The van der Waals surface area contributed by atoms with Crippen molar-refractivity contribution >= 4 is 35.0 Å². The molecule has 3 aliphatic rings. The summed E-state index contributed by atoms with van der Waals surface area (Å²) in [5.41, 5.74) is 0.339. The maximum Gasteiger partial charge on any atom is 0.412 e. The molecule has 3 heterocycles. The fourth-order valence-electron chi connectivity index (χ4n) is 4.88. The van der Waals surface area contributed by atoms with Gasteiger partial charge in [-0.1, -0.05) is 11.6 Å². The molecule has 3 fully saturated rings. The Labute approximate surface area is 210 Å². The predicted octanol–water partition coefficient (Wildman–Crippen LogP) is 2.24. The molecule has 10 nitrogen and oxygen atoms in total.